The van der Waals surface area contributed by atoms with Crippen LogP contribution in [0.25, 0.3) is 0 Å². The maximum Gasteiger partial charge on any atom is 0.336 e. The maximum absolute atomic E-state index is 11.2. The third-order valence-electron chi connectivity index (χ3n) is 2.79. The summed E-state index contributed by atoms with van der Waals surface area (Å²) >= 11 is 1.22. The van der Waals surface area contributed by atoms with Gasteiger partial charge in [0.15, 0.2) is 0 Å². The number of aromatic carboxylic acids is 1. The summed E-state index contributed by atoms with van der Waals surface area (Å²) < 4.78 is 0. The van der Waals surface area contributed by atoms with Crippen molar-refractivity contribution in [3.8, 4) is 0 Å². The van der Waals surface area contributed by atoms with Gasteiger partial charge in [0.1, 0.15) is 0 Å². The van der Waals surface area contributed by atoms with Crippen LogP contribution in [0.5, 0.6) is 0 Å². The molecule has 0 aromatic heterocycles. The molecule has 0 aliphatic carbocycles. The lowest BCUT2D eigenvalue weighted by Crippen LogP contribution is -1.98. The predicted molar refractivity (Wildman–Crippen MR) is 75.4 cm³/mol. The monoisotopic (exact) mass is 289 g/mol. The zero-order valence-electron chi connectivity index (χ0n) is 10.6. The molecule has 0 heterocycles. The van der Waals surface area contributed by atoms with Gasteiger partial charge in [0.25, 0.3) is 5.69 Å². The van der Waals surface area contributed by atoms with Gasteiger partial charge < -0.3 is 5.11 Å². The van der Waals surface area contributed by atoms with Crippen LogP contribution in [0.3, 0.4) is 0 Å². The zero-order valence-corrected chi connectivity index (χ0v) is 11.4. The fraction of sp³-hybridized carbons (Fsp3) is 0.0714. The summed E-state index contributed by atoms with van der Waals surface area (Å²) in [6.07, 6.45) is 0. The van der Waals surface area contributed by atoms with Crippen molar-refractivity contribution >= 4 is 23.4 Å². The van der Waals surface area contributed by atoms with Crippen molar-refractivity contribution in [2.75, 3.05) is 0 Å². The smallest absolute Gasteiger partial charge is 0.336 e. The van der Waals surface area contributed by atoms with E-state index in [1.54, 1.807) is 37.3 Å². The summed E-state index contributed by atoms with van der Waals surface area (Å²) in [4.78, 5) is 22.8. The number of nitro groups is 1. The molecule has 102 valence electrons. The minimum Gasteiger partial charge on any atom is -0.478 e. The standard InChI is InChI=1S/C14H11NO4S/c1-9-11(15(18)19)6-4-8-12(9)20-13-7-3-2-5-10(13)14(16)17/h2-8H,1H3,(H,16,17). The highest BCUT2D eigenvalue weighted by Crippen LogP contribution is 2.35. The van der Waals surface area contributed by atoms with Crippen molar-refractivity contribution in [3.05, 3.63) is 63.7 Å². The van der Waals surface area contributed by atoms with Crippen molar-refractivity contribution in [1.29, 1.82) is 0 Å². The Balaban J connectivity index is 2.43. The van der Waals surface area contributed by atoms with Gasteiger partial charge in [-0.15, -0.1) is 0 Å². The number of nitro benzene ring substituents is 1. The quantitative estimate of drug-likeness (QED) is 0.684. The van der Waals surface area contributed by atoms with E-state index < -0.39 is 10.9 Å². The van der Waals surface area contributed by atoms with E-state index in [1.165, 1.54) is 23.9 Å². The Hall–Kier alpha value is -2.34. The van der Waals surface area contributed by atoms with E-state index in [0.29, 0.717) is 15.4 Å². The molecule has 5 nitrogen and oxygen atoms in total. The molecule has 2 aromatic carbocycles. The lowest BCUT2D eigenvalue weighted by atomic mass is 10.2. The molecule has 0 radical (unpaired) electrons. The average molecular weight is 289 g/mol. The van der Waals surface area contributed by atoms with Gasteiger partial charge >= 0.3 is 5.97 Å². The maximum atomic E-state index is 11.2. The van der Waals surface area contributed by atoms with E-state index in [4.69, 9.17) is 5.11 Å². The van der Waals surface area contributed by atoms with Gasteiger partial charge in [-0.2, -0.15) is 0 Å². The number of carboxylic acids is 1. The van der Waals surface area contributed by atoms with Crippen LogP contribution in [0.4, 0.5) is 5.69 Å². The lowest BCUT2D eigenvalue weighted by molar-refractivity contribution is -0.385. The molecule has 0 amide bonds. The van der Waals surface area contributed by atoms with Crippen LogP contribution in [0.1, 0.15) is 15.9 Å². The topological polar surface area (TPSA) is 80.4 Å². The molecular weight excluding hydrogens is 278 g/mol. The molecule has 0 bridgehead atoms. The van der Waals surface area contributed by atoms with Crippen molar-refractivity contribution in [3.63, 3.8) is 0 Å². The summed E-state index contributed by atoms with van der Waals surface area (Å²) in [5, 5.41) is 20.0. The Morgan fingerprint density at radius 2 is 1.80 bits per heavy atom. The Morgan fingerprint density at radius 3 is 2.45 bits per heavy atom. The van der Waals surface area contributed by atoms with Gasteiger partial charge in [-0.1, -0.05) is 30.0 Å². The lowest BCUT2D eigenvalue weighted by Gasteiger charge is -2.08. The van der Waals surface area contributed by atoms with E-state index in [2.05, 4.69) is 0 Å². The van der Waals surface area contributed by atoms with Crippen molar-refractivity contribution in [2.24, 2.45) is 0 Å². The van der Waals surface area contributed by atoms with Crippen molar-refractivity contribution < 1.29 is 14.8 Å². The second-order valence-electron chi connectivity index (χ2n) is 4.06. The molecule has 2 aromatic rings. The summed E-state index contributed by atoms with van der Waals surface area (Å²) in [6.45, 7) is 1.66. The first kappa shape index (κ1) is 14.1. The predicted octanol–water partition coefficient (Wildman–Crippen LogP) is 3.75. The van der Waals surface area contributed by atoms with E-state index in [0.717, 1.165) is 0 Å². The second kappa shape index (κ2) is 5.75. The number of benzene rings is 2. The van der Waals surface area contributed by atoms with E-state index in [9.17, 15) is 14.9 Å². The molecular formula is C14H11NO4S. The molecule has 6 heteroatoms. The number of carboxylic acid groups (broad SMARTS) is 1. The van der Waals surface area contributed by atoms with Crippen molar-refractivity contribution in [1.82, 2.24) is 0 Å². The molecule has 0 saturated heterocycles. The Morgan fingerprint density at radius 1 is 1.15 bits per heavy atom. The third-order valence-corrected chi connectivity index (χ3v) is 4.03. The number of rotatable bonds is 4. The first-order valence-corrected chi connectivity index (χ1v) is 6.56. The summed E-state index contributed by atoms with van der Waals surface area (Å²) in [6, 6.07) is 11.4. The van der Waals surface area contributed by atoms with Crippen molar-refractivity contribution in [2.45, 2.75) is 16.7 Å². The Bertz CT molecular complexity index is 685. The highest BCUT2D eigenvalue weighted by atomic mass is 32.2. The van der Waals surface area contributed by atoms with Crippen LogP contribution >= 0.6 is 11.8 Å². The van der Waals surface area contributed by atoms with Crippen LogP contribution < -0.4 is 0 Å². The second-order valence-corrected chi connectivity index (χ2v) is 5.14. The largest absolute Gasteiger partial charge is 0.478 e. The van der Waals surface area contributed by atoms with Gasteiger partial charge in [0.05, 0.1) is 10.5 Å². The van der Waals surface area contributed by atoms with Crippen LogP contribution in [-0.4, -0.2) is 16.0 Å². The molecule has 2 rings (SSSR count). The molecule has 1 N–H and O–H groups in total. The summed E-state index contributed by atoms with van der Waals surface area (Å²) in [5.74, 6) is -1.02. The first-order chi connectivity index (χ1) is 9.50. The number of nitrogens with zero attached hydrogens (tertiary/aromatic N) is 1. The van der Waals surface area contributed by atoms with Gasteiger partial charge in [0, 0.05) is 21.4 Å². The zero-order chi connectivity index (χ0) is 14.7. The Kier molecular flexibility index (Phi) is 4.05. The SMILES string of the molecule is Cc1c(Sc2ccccc2C(=O)O)cccc1[N+](=O)[O-]. The molecule has 0 unspecified atom stereocenters. The molecule has 0 fully saturated rings. The molecule has 0 spiro atoms. The Labute approximate surface area is 119 Å². The molecule has 0 aliphatic heterocycles. The van der Waals surface area contributed by atoms with Gasteiger partial charge in [0.2, 0.25) is 0 Å². The highest BCUT2D eigenvalue weighted by Gasteiger charge is 2.16. The van der Waals surface area contributed by atoms with Crippen LogP contribution in [0, 0.1) is 17.0 Å². The highest BCUT2D eigenvalue weighted by molar-refractivity contribution is 7.99. The third kappa shape index (κ3) is 2.80. The molecule has 0 saturated carbocycles. The first-order valence-electron chi connectivity index (χ1n) is 5.75. The van der Waals surface area contributed by atoms with Crippen LogP contribution in [0.15, 0.2) is 52.3 Å². The molecule has 0 aliphatic rings. The van der Waals surface area contributed by atoms with Gasteiger partial charge in [-0.25, -0.2) is 4.79 Å². The summed E-state index contributed by atoms with van der Waals surface area (Å²) in [5.41, 5.74) is 0.744. The fourth-order valence-electron chi connectivity index (χ4n) is 1.76. The van der Waals surface area contributed by atoms with E-state index >= 15 is 0 Å². The number of carbonyl (C=O) groups is 1. The number of hydrogen-bond donors (Lipinski definition) is 1. The minimum atomic E-state index is -1.02. The molecule has 20 heavy (non-hydrogen) atoms. The summed E-state index contributed by atoms with van der Waals surface area (Å²) in [7, 11) is 0. The normalized spacial score (nSPS) is 10.2. The fourth-order valence-corrected chi connectivity index (χ4v) is 2.82. The average Bonchev–Trinajstić information content (AvgIpc) is 2.41. The van der Waals surface area contributed by atoms with E-state index in [-0.39, 0.29) is 11.3 Å². The minimum absolute atomic E-state index is 0.0304. The van der Waals surface area contributed by atoms with E-state index in [1.807, 2.05) is 0 Å². The van der Waals surface area contributed by atoms with Crippen LogP contribution in [-0.2, 0) is 0 Å². The van der Waals surface area contributed by atoms with Crippen LogP contribution in [0.2, 0.25) is 0 Å². The van der Waals surface area contributed by atoms with Gasteiger partial charge in [-0.05, 0) is 25.1 Å². The van der Waals surface area contributed by atoms with Gasteiger partial charge in [-0.3, -0.25) is 10.1 Å². The molecule has 0 atom stereocenters. The number of hydrogen-bond acceptors (Lipinski definition) is 4.